The van der Waals surface area contributed by atoms with Crippen LogP contribution in [0.4, 0.5) is 0 Å². The highest BCUT2D eigenvalue weighted by molar-refractivity contribution is 4.74. The van der Waals surface area contributed by atoms with Gasteiger partial charge in [-0.1, -0.05) is 0 Å². The van der Waals surface area contributed by atoms with Gasteiger partial charge in [-0.2, -0.15) is 0 Å². The second kappa shape index (κ2) is 3.15. The molecule has 54 valence electrons. The molecule has 1 aliphatic rings. The number of piperidine rings is 1. The van der Waals surface area contributed by atoms with Crippen molar-refractivity contribution in [3.8, 4) is 0 Å². The van der Waals surface area contributed by atoms with E-state index < -0.39 is 0 Å². The summed E-state index contributed by atoms with van der Waals surface area (Å²) in [6, 6.07) is 0. The summed E-state index contributed by atoms with van der Waals surface area (Å²) in [5.41, 5.74) is 0. The second-order valence-electron chi connectivity index (χ2n) is 2.41. The number of aliphatic hydroxyl groups is 1. The number of ether oxygens (including phenoxy) is 1. The van der Waals surface area contributed by atoms with Gasteiger partial charge in [-0.3, -0.25) is 0 Å². The van der Waals surface area contributed by atoms with E-state index in [2.05, 4.69) is 5.32 Å². The molecule has 0 saturated carbocycles. The Balaban J connectivity index is 2.23. The van der Waals surface area contributed by atoms with E-state index in [-0.39, 0.29) is 12.2 Å². The quantitative estimate of drug-likeness (QED) is 0.497. The molecule has 1 rings (SSSR count). The lowest BCUT2D eigenvalue weighted by Gasteiger charge is -2.25. The van der Waals surface area contributed by atoms with Crippen molar-refractivity contribution in [3.63, 3.8) is 0 Å². The van der Waals surface area contributed by atoms with Gasteiger partial charge >= 0.3 is 0 Å². The third kappa shape index (κ3) is 1.93. The molecular formula is C6H13NO2. The number of rotatable bonds is 1. The van der Waals surface area contributed by atoms with Crippen LogP contribution >= 0.6 is 0 Å². The van der Waals surface area contributed by atoms with Crippen LogP contribution in [0, 0.1) is 0 Å². The first-order chi connectivity index (χ1) is 4.33. The van der Waals surface area contributed by atoms with E-state index in [0.29, 0.717) is 6.54 Å². The molecule has 3 heteroatoms. The molecule has 1 aliphatic heterocycles. The highest BCUT2D eigenvalue weighted by Gasteiger charge is 2.18. The predicted octanol–water partition coefficient (Wildman–Crippen LogP) is -0.644. The largest absolute Gasteiger partial charge is 0.392 e. The normalized spacial score (nSPS) is 36.7. The summed E-state index contributed by atoms with van der Waals surface area (Å²) in [6.07, 6.45) is 0.751. The van der Waals surface area contributed by atoms with E-state index in [1.165, 1.54) is 0 Å². The smallest absolute Gasteiger partial charge is 0.0720 e. The molecule has 0 spiro atoms. The van der Waals surface area contributed by atoms with Gasteiger partial charge in [-0.25, -0.2) is 0 Å². The molecule has 3 nitrogen and oxygen atoms in total. The van der Waals surface area contributed by atoms with Crippen LogP contribution in [0.25, 0.3) is 0 Å². The first-order valence-corrected chi connectivity index (χ1v) is 3.24. The molecule has 0 bridgehead atoms. The first-order valence-electron chi connectivity index (χ1n) is 3.24. The molecule has 0 amide bonds. The van der Waals surface area contributed by atoms with Crippen molar-refractivity contribution >= 4 is 0 Å². The molecule has 0 unspecified atom stereocenters. The summed E-state index contributed by atoms with van der Waals surface area (Å²) in [5, 5.41) is 12.1. The molecule has 0 aromatic rings. The van der Waals surface area contributed by atoms with Crippen molar-refractivity contribution in [1.29, 1.82) is 0 Å². The van der Waals surface area contributed by atoms with Crippen LogP contribution in [0.15, 0.2) is 0 Å². The molecule has 9 heavy (non-hydrogen) atoms. The van der Waals surface area contributed by atoms with Gasteiger partial charge < -0.3 is 15.2 Å². The number of hydrogen-bond donors (Lipinski definition) is 2. The van der Waals surface area contributed by atoms with Crippen molar-refractivity contribution in [1.82, 2.24) is 5.32 Å². The van der Waals surface area contributed by atoms with Gasteiger partial charge in [0.1, 0.15) is 0 Å². The lowest BCUT2D eigenvalue weighted by molar-refractivity contribution is 0.0225. The number of methoxy groups -OCH3 is 1. The van der Waals surface area contributed by atoms with Crippen molar-refractivity contribution in [2.24, 2.45) is 0 Å². The van der Waals surface area contributed by atoms with Gasteiger partial charge in [0.2, 0.25) is 0 Å². The van der Waals surface area contributed by atoms with Crippen LogP contribution in [0.1, 0.15) is 6.42 Å². The maximum atomic E-state index is 9.07. The Morgan fingerprint density at radius 3 is 2.78 bits per heavy atom. The Morgan fingerprint density at radius 2 is 2.33 bits per heavy atom. The number of aliphatic hydroxyl groups excluding tert-OH is 1. The van der Waals surface area contributed by atoms with Crippen LogP contribution in [0.2, 0.25) is 0 Å². The Hall–Kier alpha value is -0.120. The standard InChI is InChI=1S/C6H13NO2/c1-9-6-2-5(8)3-7-4-6/h5-8H,2-4H2,1H3/t5-,6+/m0/s1. The van der Waals surface area contributed by atoms with Crippen LogP contribution in [-0.2, 0) is 4.74 Å². The van der Waals surface area contributed by atoms with Crippen LogP contribution < -0.4 is 5.32 Å². The molecule has 0 radical (unpaired) electrons. The Morgan fingerprint density at radius 1 is 1.56 bits per heavy atom. The molecule has 1 fully saturated rings. The summed E-state index contributed by atoms with van der Waals surface area (Å²) in [5.74, 6) is 0. The summed E-state index contributed by atoms with van der Waals surface area (Å²) >= 11 is 0. The molecule has 0 aromatic heterocycles. The molecule has 2 atom stereocenters. The summed E-state index contributed by atoms with van der Waals surface area (Å²) in [6.45, 7) is 1.58. The minimum absolute atomic E-state index is 0.203. The van der Waals surface area contributed by atoms with Crippen molar-refractivity contribution in [2.75, 3.05) is 20.2 Å². The van der Waals surface area contributed by atoms with Gasteiger partial charge in [0, 0.05) is 26.6 Å². The first kappa shape index (κ1) is 6.99. The maximum Gasteiger partial charge on any atom is 0.0720 e. The van der Waals surface area contributed by atoms with Crippen LogP contribution in [0.3, 0.4) is 0 Å². The SMILES string of the molecule is CO[C@H]1CNC[C@@H](O)C1. The monoisotopic (exact) mass is 131 g/mol. The fourth-order valence-corrected chi connectivity index (χ4v) is 1.06. The van der Waals surface area contributed by atoms with Crippen LogP contribution in [0.5, 0.6) is 0 Å². The molecule has 0 aliphatic carbocycles. The predicted molar refractivity (Wildman–Crippen MR) is 34.3 cm³/mol. The number of nitrogens with one attached hydrogen (secondary N) is 1. The minimum Gasteiger partial charge on any atom is -0.392 e. The lowest BCUT2D eigenvalue weighted by atomic mass is 10.1. The average Bonchev–Trinajstić information content (AvgIpc) is 1.88. The van der Waals surface area contributed by atoms with Gasteiger partial charge in [0.25, 0.3) is 0 Å². The van der Waals surface area contributed by atoms with E-state index >= 15 is 0 Å². The van der Waals surface area contributed by atoms with Gasteiger partial charge in [-0.15, -0.1) is 0 Å². The zero-order valence-electron chi connectivity index (χ0n) is 5.63. The fourth-order valence-electron chi connectivity index (χ4n) is 1.06. The minimum atomic E-state index is -0.219. The second-order valence-corrected chi connectivity index (χ2v) is 2.41. The van der Waals surface area contributed by atoms with Gasteiger partial charge in [0.15, 0.2) is 0 Å². The van der Waals surface area contributed by atoms with E-state index in [9.17, 15) is 0 Å². The Kier molecular flexibility index (Phi) is 2.45. The average molecular weight is 131 g/mol. The van der Waals surface area contributed by atoms with Crippen LogP contribution in [-0.4, -0.2) is 37.5 Å². The number of hydrogen-bond acceptors (Lipinski definition) is 3. The maximum absolute atomic E-state index is 9.07. The zero-order valence-corrected chi connectivity index (χ0v) is 5.63. The fraction of sp³-hybridized carbons (Fsp3) is 1.00. The van der Waals surface area contributed by atoms with Gasteiger partial charge in [0.05, 0.1) is 12.2 Å². The molecular weight excluding hydrogens is 118 g/mol. The van der Waals surface area contributed by atoms with E-state index in [4.69, 9.17) is 9.84 Å². The molecule has 1 saturated heterocycles. The third-order valence-corrected chi connectivity index (χ3v) is 1.62. The van der Waals surface area contributed by atoms with Crippen molar-refractivity contribution < 1.29 is 9.84 Å². The summed E-state index contributed by atoms with van der Waals surface area (Å²) in [7, 11) is 1.67. The van der Waals surface area contributed by atoms with Crippen molar-refractivity contribution in [2.45, 2.75) is 18.6 Å². The molecule has 1 heterocycles. The lowest BCUT2D eigenvalue weighted by Crippen LogP contribution is -2.42. The van der Waals surface area contributed by atoms with E-state index in [1.54, 1.807) is 7.11 Å². The third-order valence-electron chi connectivity index (χ3n) is 1.62. The Bertz CT molecular complexity index is 87.1. The summed E-state index contributed by atoms with van der Waals surface area (Å²) < 4.78 is 5.04. The highest BCUT2D eigenvalue weighted by atomic mass is 16.5. The van der Waals surface area contributed by atoms with E-state index in [0.717, 1.165) is 13.0 Å². The molecule has 2 N–H and O–H groups in total. The Labute approximate surface area is 55.0 Å². The zero-order chi connectivity index (χ0) is 6.69. The topological polar surface area (TPSA) is 41.5 Å². The number of β-amino-alcohol motifs (C(OH)–C–C–N with tert-alkyl or cyclic N) is 1. The van der Waals surface area contributed by atoms with E-state index in [1.807, 2.05) is 0 Å². The van der Waals surface area contributed by atoms with Gasteiger partial charge in [-0.05, 0) is 0 Å². The summed E-state index contributed by atoms with van der Waals surface area (Å²) in [4.78, 5) is 0. The molecule has 0 aromatic carbocycles. The van der Waals surface area contributed by atoms with Crippen molar-refractivity contribution in [3.05, 3.63) is 0 Å². The highest BCUT2D eigenvalue weighted by Crippen LogP contribution is 2.04.